The molecule has 2 N–H and O–H groups in total. The Hall–Kier alpha value is -3.21. The number of sulfone groups is 1. The molecule has 9 nitrogen and oxygen atoms in total. The number of benzene rings is 2. The van der Waals surface area contributed by atoms with Gasteiger partial charge in [-0.3, -0.25) is 9.48 Å². The van der Waals surface area contributed by atoms with Crippen molar-refractivity contribution in [2.24, 2.45) is 7.05 Å². The van der Waals surface area contributed by atoms with E-state index in [4.69, 9.17) is 14.6 Å². The summed E-state index contributed by atoms with van der Waals surface area (Å²) < 4.78 is 37.1. The second-order valence-electron chi connectivity index (χ2n) is 7.79. The predicted molar refractivity (Wildman–Crippen MR) is 128 cm³/mol. The van der Waals surface area contributed by atoms with E-state index in [1.54, 1.807) is 68.2 Å². The van der Waals surface area contributed by atoms with Gasteiger partial charge < -0.3 is 19.9 Å². The highest BCUT2D eigenvalue weighted by atomic mass is 32.2. The van der Waals surface area contributed by atoms with E-state index in [1.165, 1.54) is 12.1 Å². The SMILES string of the molecule is CCS(=O)(=O)c1ccc(Oc2cc(CCOC(C)CO)cc(C(=O)Nc3ccn(C)n3)c2)cc1. The van der Waals surface area contributed by atoms with Crippen LogP contribution in [0.5, 0.6) is 11.5 Å². The van der Waals surface area contributed by atoms with Gasteiger partial charge in [0.05, 0.1) is 30.0 Å². The summed E-state index contributed by atoms with van der Waals surface area (Å²) in [7, 11) is -1.55. The lowest BCUT2D eigenvalue weighted by atomic mass is 10.1. The molecule has 2 aromatic carbocycles. The zero-order chi connectivity index (χ0) is 24.7. The van der Waals surface area contributed by atoms with Crippen LogP contribution in [-0.2, 0) is 28.0 Å². The quantitative estimate of drug-likeness (QED) is 0.426. The fourth-order valence-corrected chi connectivity index (χ4v) is 4.00. The standard InChI is InChI=1S/C24H29N3O6S/c1-4-34(30,31)22-7-5-20(6-8-22)33-21-14-18(10-12-32-17(2)16-28)13-19(15-21)24(29)25-23-9-11-27(3)26-23/h5-9,11,13-15,17,28H,4,10,12,16H2,1-3H3,(H,25,26,29). The van der Waals surface area contributed by atoms with Gasteiger partial charge in [-0.1, -0.05) is 6.92 Å². The van der Waals surface area contributed by atoms with E-state index in [9.17, 15) is 13.2 Å². The number of nitrogens with one attached hydrogen (secondary N) is 1. The number of hydrogen-bond donors (Lipinski definition) is 2. The molecule has 0 fully saturated rings. The van der Waals surface area contributed by atoms with Crippen molar-refractivity contribution < 1.29 is 27.8 Å². The lowest BCUT2D eigenvalue weighted by Gasteiger charge is -2.13. The lowest BCUT2D eigenvalue weighted by molar-refractivity contribution is 0.0267. The van der Waals surface area contributed by atoms with Crippen LogP contribution >= 0.6 is 0 Å². The summed E-state index contributed by atoms with van der Waals surface area (Å²) in [6.07, 6.45) is 1.94. The van der Waals surface area contributed by atoms with E-state index in [2.05, 4.69) is 10.4 Å². The van der Waals surface area contributed by atoms with Gasteiger partial charge in [-0.2, -0.15) is 5.10 Å². The molecule has 10 heteroatoms. The van der Waals surface area contributed by atoms with Crippen molar-refractivity contribution >= 4 is 21.6 Å². The van der Waals surface area contributed by atoms with Crippen molar-refractivity contribution in [3.8, 4) is 11.5 Å². The minimum Gasteiger partial charge on any atom is -0.457 e. The molecule has 34 heavy (non-hydrogen) atoms. The molecule has 0 radical (unpaired) electrons. The van der Waals surface area contributed by atoms with Gasteiger partial charge >= 0.3 is 0 Å². The summed E-state index contributed by atoms with van der Waals surface area (Å²) in [6.45, 7) is 3.64. The molecule has 1 amide bonds. The van der Waals surface area contributed by atoms with Crippen LogP contribution in [0.15, 0.2) is 59.6 Å². The molecule has 3 rings (SSSR count). The fraction of sp³-hybridized carbons (Fsp3) is 0.333. The summed E-state index contributed by atoms with van der Waals surface area (Å²) in [4.78, 5) is 13.1. The Kier molecular flexibility index (Phi) is 8.43. The van der Waals surface area contributed by atoms with E-state index >= 15 is 0 Å². The first-order chi connectivity index (χ1) is 16.2. The zero-order valence-electron chi connectivity index (χ0n) is 19.4. The molecule has 0 spiro atoms. The van der Waals surface area contributed by atoms with Crippen molar-refractivity contribution in [2.75, 3.05) is 24.3 Å². The van der Waals surface area contributed by atoms with Crippen LogP contribution in [0.3, 0.4) is 0 Å². The average Bonchev–Trinajstić information content (AvgIpc) is 3.23. The van der Waals surface area contributed by atoms with E-state index in [-0.39, 0.29) is 29.3 Å². The maximum absolute atomic E-state index is 12.8. The molecule has 1 unspecified atom stereocenters. The maximum Gasteiger partial charge on any atom is 0.257 e. The van der Waals surface area contributed by atoms with Crippen LogP contribution < -0.4 is 10.1 Å². The molecule has 1 aromatic heterocycles. The Morgan fingerprint density at radius 2 is 1.88 bits per heavy atom. The largest absolute Gasteiger partial charge is 0.457 e. The molecule has 0 bridgehead atoms. The number of ether oxygens (including phenoxy) is 2. The van der Waals surface area contributed by atoms with Crippen molar-refractivity contribution in [1.29, 1.82) is 0 Å². The molecule has 1 heterocycles. The number of anilines is 1. The normalized spacial score (nSPS) is 12.4. The summed E-state index contributed by atoms with van der Waals surface area (Å²) in [5.41, 5.74) is 1.18. The van der Waals surface area contributed by atoms with Crippen molar-refractivity contribution in [3.05, 3.63) is 65.9 Å². The number of hydrogen-bond acceptors (Lipinski definition) is 7. The number of rotatable bonds is 11. The molecule has 1 atom stereocenters. The Bertz CT molecular complexity index is 1220. The summed E-state index contributed by atoms with van der Waals surface area (Å²) in [6, 6.07) is 13.0. The average molecular weight is 488 g/mol. The van der Waals surface area contributed by atoms with Gasteiger partial charge in [0.2, 0.25) is 0 Å². The molecular formula is C24H29N3O6S. The summed E-state index contributed by atoms with van der Waals surface area (Å²) in [5.74, 6) is 0.951. The van der Waals surface area contributed by atoms with Gasteiger partial charge in [0, 0.05) is 24.9 Å². The highest BCUT2D eigenvalue weighted by Crippen LogP contribution is 2.26. The van der Waals surface area contributed by atoms with Crippen LogP contribution in [0.25, 0.3) is 0 Å². The molecule has 0 aliphatic carbocycles. The maximum atomic E-state index is 12.8. The second-order valence-corrected chi connectivity index (χ2v) is 10.1. The molecular weight excluding hydrogens is 458 g/mol. The van der Waals surface area contributed by atoms with Crippen molar-refractivity contribution in [1.82, 2.24) is 9.78 Å². The van der Waals surface area contributed by atoms with Gasteiger partial charge in [0.15, 0.2) is 15.7 Å². The van der Waals surface area contributed by atoms with Crippen LogP contribution in [0, 0.1) is 0 Å². The minimum absolute atomic E-state index is 0.0148. The highest BCUT2D eigenvalue weighted by molar-refractivity contribution is 7.91. The Morgan fingerprint density at radius 1 is 1.15 bits per heavy atom. The lowest BCUT2D eigenvalue weighted by Crippen LogP contribution is -2.15. The number of carbonyl (C=O) groups is 1. The fourth-order valence-electron chi connectivity index (χ4n) is 3.11. The first-order valence-electron chi connectivity index (χ1n) is 10.9. The first-order valence-corrected chi connectivity index (χ1v) is 12.5. The van der Waals surface area contributed by atoms with E-state index in [0.29, 0.717) is 35.9 Å². The van der Waals surface area contributed by atoms with Gasteiger partial charge in [-0.15, -0.1) is 0 Å². The minimum atomic E-state index is -3.31. The first kappa shape index (κ1) is 25.4. The van der Waals surface area contributed by atoms with Crippen LogP contribution in [0.1, 0.15) is 29.8 Å². The second kappa shape index (κ2) is 11.3. The van der Waals surface area contributed by atoms with Crippen LogP contribution in [-0.4, -0.2) is 54.3 Å². The van der Waals surface area contributed by atoms with Gasteiger partial charge in [-0.25, -0.2) is 8.42 Å². The number of amides is 1. The number of nitrogens with zero attached hydrogens (tertiary/aromatic N) is 2. The van der Waals surface area contributed by atoms with Gasteiger partial charge in [0.25, 0.3) is 5.91 Å². The third-order valence-electron chi connectivity index (χ3n) is 5.03. The smallest absolute Gasteiger partial charge is 0.257 e. The number of aliphatic hydroxyl groups excluding tert-OH is 1. The predicted octanol–water partition coefficient (Wildman–Crippen LogP) is 3.20. The topological polar surface area (TPSA) is 120 Å². The number of carbonyl (C=O) groups excluding carboxylic acids is 1. The van der Waals surface area contributed by atoms with Crippen molar-refractivity contribution in [3.63, 3.8) is 0 Å². The molecule has 0 saturated heterocycles. The van der Waals surface area contributed by atoms with Crippen LogP contribution in [0.4, 0.5) is 5.82 Å². The Morgan fingerprint density at radius 3 is 2.50 bits per heavy atom. The van der Waals surface area contributed by atoms with E-state index in [0.717, 1.165) is 5.56 Å². The molecule has 182 valence electrons. The van der Waals surface area contributed by atoms with E-state index in [1.807, 2.05) is 0 Å². The third kappa shape index (κ3) is 6.89. The monoisotopic (exact) mass is 487 g/mol. The zero-order valence-corrected chi connectivity index (χ0v) is 20.2. The van der Waals surface area contributed by atoms with Crippen molar-refractivity contribution in [2.45, 2.75) is 31.3 Å². The highest BCUT2D eigenvalue weighted by Gasteiger charge is 2.14. The Balaban J connectivity index is 1.83. The molecule has 0 aliphatic heterocycles. The number of aromatic nitrogens is 2. The summed E-state index contributed by atoms with van der Waals surface area (Å²) in [5, 5.41) is 16.1. The molecule has 0 aliphatic rings. The third-order valence-corrected chi connectivity index (χ3v) is 6.78. The Labute approximate surface area is 199 Å². The number of aliphatic hydroxyl groups is 1. The van der Waals surface area contributed by atoms with Gasteiger partial charge in [-0.05, 0) is 61.4 Å². The van der Waals surface area contributed by atoms with Crippen LogP contribution in [0.2, 0.25) is 0 Å². The van der Waals surface area contributed by atoms with E-state index < -0.39 is 9.84 Å². The number of aryl methyl sites for hydroxylation is 1. The molecule has 3 aromatic rings. The molecule has 0 saturated carbocycles. The van der Waals surface area contributed by atoms with Gasteiger partial charge in [0.1, 0.15) is 11.5 Å². The summed E-state index contributed by atoms with van der Waals surface area (Å²) >= 11 is 0.